The number of piperidine rings is 1. The van der Waals surface area contributed by atoms with E-state index >= 15 is 0 Å². The molecule has 1 unspecified atom stereocenters. The highest BCUT2D eigenvalue weighted by Gasteiger charge is 2.40. The quantitative estimate of drug-likeness (QED) is 0.370. The van der Waals surface area contributed by atoms with E-state index in [1.165, 1.54) is 4.90 Å². The molecule has 0 aromatic heterocycles. The van der Waals surface area contributed by atoms with E-state index in [0.29, 0.717) is 44.0 Å². The fourth-order valence-electron chi connectivity index (χ4n) is 5.18. The van der Waals surface area contributed by atoms with E-state index in [-0.39, 0.29) is 37.3 Å². The van der Waals surface area contributed by atoms with Crippen LogP contribution in [0.3, 0.4) is 0 Å². The molecule has 2 saturated heterocycles. The molecule has 5 rings (SSSR count). The zero-order chi connectivity index (χ0) is 25.4. The third-order valence-electron chi connectivity index (χ3n) is 7.12. The van der Waals surface area contributed by atoms with Crippen LogP contribution < -0.4 is 21.0 Å². The van der Waals surface area contributed by atoms with Crippen molar-refractivity contribution in [3.8, 4) is 5.75 Å². The summed E-state index contributed by atoms with van der Waals surface area (Å²) in [7, 11) is 4.06. The van der Waals surface area contributed by atoms with E-state index in [0.717, 1.165) is 27.6 Å². The molecule has 11 heteroatoms. The summed E-state index contributed by atoms with van der Waals surface area (Å²) in [6, 6.07) is 8.86. The van der Waals surface area contributed by atoms with Crippen LogP contribution in [0.4, 0.5) is 0 Å². The largest absolute Gasteiger partial charge is 0.489 e. The van der Waals surface area contributed by atoms with Crippen LogP contribution in [-0.4, -0.2) is 74.9 Å². The van der Waals surface area contributed by atoms with Gasteiger partial charge in [-0.3, -0.25) is 24.5 Å². The SMILES string of the molecule is Bc1cc(CN2CCOCC2=O)cc(B)c1COc1cccc2c1CN(C1CCC(=O)NC1=O)C2=O. The Bertz CT molecular complexity index is 1240. The molecule has 0 bridgehead atoms. The van der Waals surface area contributed by atoms with Crippen LogP contribution in [0, 0.1) is 0 Å². The van der Waals surface area contributed by atoms with Crippen molar-refractivity contribution in [3.63, 3.8) is 0 Å². The monoisotopic (exact) mass is 487 g/mol. The molecular formula is C25H27B2N3O6. The van der Waals surface area contributed by atoms with Gasteiger partial charge >= 0.3 is 0 Å². The molecule has 3 aliphatic heterocycles. The lowest BCUT2D eigenvalue weighted by Gasteiger charge is -2.29. The van der Waals surface area contributed by atoms with Gasteiger partial charge in [-0.25, -0.2) is 0 Å². The number of imide groups is 1. The average Bonchev–Trinajstić information content (AvgIpc) is 3.17. The standard InChI is InChI=1S/C25H27B2N3O6/c26-18-8-14(10-29-6-7-35-13-23(29)32)9-19(27)17(18)12-36-21-3-1-2-15-16(21)11-30(25(15)34)20-4-5-22(31)28-24(20)33/h1-3,8-9,20H,4-7,10-13,26-27H2,(H,28,31,33). The molecule has 0 radical (unpaired) electrons. The first kappa shape index (κ1) is 24.1. The number of amides is 4. The first-order valence-corrected chi connectivity index (χ1v) is 12.2. The lowest BCUT2D eigenvalue weighted by atomic mass is 9.79. The predicted molar refractivity (Wildman–Crippen MR) is 136 cm³/mol. The number of rotatable bonds is 6. The van der Waals surface area contributed by atoms with Gasteiger partial charge < -0.3 is 19.3 Å². The number of carbonyl (C=O) groups is 4. The van der Waals surface area contributed by atoms with Gasteiger partial charge in [0.05, 0.1) is 13.2 Å². The van der Waals surface area contributed by atoms with E-state index < -0.39 is 11.9 Å². The van der Waals surface area contributed by atoms with Crippen molar-refractivity contribution in [2.24, 2.45) is 0 Å². The van der Waals surface area contributed by atoms with Crippen LogP contribution in [0.2, 0.25) is 0 Å². The second kappa shape index (κ2) is 9.81. The van der Waals surface area contributed by atoms with Crippen LogP contribution in [-0.2, 0) is 38.8 Å². The van der Waals surface area contributed by atoms with Crippen molar-refractivity contribution in [1.82, 2.24) is 15.1 Å². The van der Waals surface area contributed by atoms with E-state index in [1.54, 1.807) is 12.1 Å². The number of hydrogen-bond donors (Lipinski definition) is 1. The molecule has 3 heterocycles. The highest BCUT2D eigenvalue weighted by molar-refractivity contribution is 6.39. The summed E-state index contributed by atoms with van der Waals surface area (Å²) in [4.78, 5) is 52.3. The summed E-state index contributed by atoms with van der Waals surface area (Å²) in [5.74, 6) is -0.350. The summed E-state index contributed by atoms with van der Waals surface area (Å²) >= 11 is 0. The summed E-state index contributed by atoms with van der Waals surface area (Å²) in [5.41, 5.74) is 5.53. The molecule has 9 nitrogen and oxygen atoms in total. The Morgan fingerprint density at radius 1 is 1.11 bits per heavy atom. The molecule has 1 N–H and O–H groups in total. The van der Waals surface area contributed by atoms with Crippen LogP contribution in [0.1, 0.15) is 39.9 Å². The van der Waals surface area contributed by atoms with Crippen molar-refractivity contribution in [2.75, 3.05) is 19.8 Å². The third-order valence-corrected chi connectivity index (χ3v) is 7.12. The number of carbonyl (C=O) groups excluding carboxylic acids is 4. The minimum atomic E-state index is -0.661. The van der Waals surface area contributed by atoms with Gasteiger partial charge in [-0.2, -0.15) is 0 Å². The number of fused-ring (bicyclic) bond motifs is 1. The molecule has 3 aliphatic rings. The van der Waals surface area contributed by atoms with Crippen LogP contribution in [0.25, 0.3) is 0 Å². The van der Waals surface area contributed by atoms with Gasteiger partial charge in [0.15, 0.2) is 0 Å². The Labute approximate surface area is 210 Å². The van der Waals surface area contributed by atoms with Crippen molar-refractivity contribution in [2.45, 2.75) is 38.6 Å². The Hall–Kier alpha value is -3.59. The molecule has 184 valence electrons. The molecule has 0 saturated carbocycles. The molecule has 4 amide bonds. The summed E-state index contributed by atoms with van der Waals surface area (Å²) < 4.78 is 11.4. The predicted octanol–water partition coefficient (Wildman–Crippen LogP) is -2.10. The van der Waals surface area contributed by atoms with E-state index in [2.05, 4.69) is 17.4 Å². The van der Waals surface area contributed by atoms with E-state index in [1.807, 2.05) is 26.7 Å². The number of hydrogen-bond acceptors (Lipinski definition) is 6. The summed E-state index contributed by atoms with van der Waals surface area (Å²) in [5, 5.41) is 2.33. The van der Waals surface area contributed by atoms with Gasteiger partial charge in [0.2, 0.25) is 17.7 Å². The summed E-state index contributed by atoms with van der Waals surface area (Å²) in [6.07, 6.45) is 0.537. The third kappa shape index (κ3) is 4.63. The fourth-order valence-corrected chi connectivity index (χ4v) is 5.18. The Kier molecular flexibility index (Phi) is 6.57. The smallest absolute Gasteiger partial charge is 0.255 e. The number of nitrogens with one attached hydrogen (secondary N) is 1. The molecule has 2 aromatic rings. The van der Waals surface area contributed by atoms with Crippen molar-refractivity contribution < 1.29 is 28.7 Å². The minimum absolute atomic E-state index is 0.00259. The second-order valence-corrected chi connectivity index (χ2v) is 9.55. The van der Waals surface area contributed by atoms with Gasteiger partial charge in [0, 0.05) is 30.6 Å². The molecule has 1 atom stereocenters. The van der Waals surface area contributed by atoms with Gasteiger partial charge in [-0.15, -0.1) is 0 Å². The molecule has 0 aliphatic carbocycles. The van der Waals surface area contributed by atoms with Gasteiger partial charge in [-0.1, -0.05) is 29.1 Å². The topological polar surface area (TPSA) is 105 Å². The van der Waals surface area contributed by atoms with Crippen LogP contribution >= 0.6 is 0 Å². The van der Waals surface area contributed by atoms with Crippen molar-refractivity contribution >= 4 is 50.2 Å². The fraction of sp³-hybridized carbons (Fsp3) is 0.360. The number of morpholine rings is 1. The molecule has 2 aromatic carbocycles. The summed E-state index contributed by atoms with van der Waals surface area (Å²) in [6.45, 7) is 2.43. The maximum atomic E-state index is 13.1. The first-order chi connectivity index (χ1) is 17.3. The van der Waals surface area contributed by atoms with Crippen LogP contribution in [0.5, 0.6) is 5.75 Å². The number of ether oxygens (including phenoxy) is 2. The highest BCUT2D eigenvalue weighted by Crippen LogP contribution is 2.33. The maximum absolute atomic E-state index is 13.1. The van der Waals surface area contributed by atoms with Crippen molar-refractivity contribution in [3.05, 3.63) is 52.6 Å². The lowest BCUT2D eigenvalue weighted by molar-refractivity contribution is -0.143. The Morgan fingerprint density at radius 3 is 2.61 bits per heavy atom. The zero-order valence-electron chi connectivity index (χ0n) is 20.5. The normalized spacial score (nSPS) is 19.9. The number of benzene rings is 2. The Morgan fingerprint density at radius 2 is 1.89 bits per heavy atom. The minimum Gasteiger partial charge on any atom is -0.489 e. The Balaban J connectivity index is 1.30. The average molecular weight is 487 g/mol. The zero-order valence-corrected chi connectivity index (χ0v) is 20.5. The molecule has 2 fully saturated rings. The van der Waals surface area contributed by atoms with Crippen molar-refractivity contribution in [1.29, 1.82) is 0 Å². The molecule has 0 spiro atoms. The first-order valence-electron chi connectivity index (χ1n) is 12.2. The van der Waals surface area contributed by atoms with Crippen LogP contribution in [0.15, 0.2) is 30.3 Å². The van der Waals surface area contributed by atoms with Gasteiger partial charge in [0.25, 0.3) is 5.91 Å². The van der Waals surface area contributed by atoms with E-state index in [9.17, 15) is 19.2 Å². The molecular weight excluding hydrogens is 460 g/mol. The number of nitrogens with zero attached hydrogens (tertiary/aromatic N) is 2. The highest BCUT2D eigenvalue weighted by atomic mass is 16.5. The second-order valence-electron chi connectivity index (χ2n) is 9.55. The van der Waals surface area contributed by atoms with E-state index in [4.69, 9.17) is 9.47 Å². The van der Waals surface area contributed by atoms with Gasteiger partial charge in [-0.05, 0) is 29.7 Å². The van der Waals surface area contributed by atoms with Gasteiger partial charge in [0.1, 0.15) is 40.7 Å². The molecule has 36 heavy (non-hydrogen) atoms. The maximum Gasteiger partial charge on any atom is 0.255 e. The lowest BCUT2D eigenvalue weighted by Crippen LogP contribution is -2.52.